The molecule has 19 heavy (non-hydrogen) atoms. The number of benzene rings is 2. The third kappa shape index (κ3) is 2.50. The van der Waals surface area contributed by atoms with E-state index in [0.717, 1.165) is 33.9 Å². The fraction of sp³-hybridized carbons (Fsp3) is 0.250. The molecule has 3 nitrogen and oxygen atoms in total. The lowest BCUT2D eigenvalue weighted by molar-refractivity contribution is 0.411. The summed E-state index contributed by atoms with van der Waals surface area (Å²) in [5, 5.41) is 3.42. The van der Waals surface area contributed by atoms with Gasteiger partial charge >= 0.3 is 0 Å². The lowest BCUT2D eigenvalue weighted by atomic mass is 10.1. The average Bonchev–Trinajstić information content (AvgIpc) is 2.39. The Kier molecular flexibility index (Phi) is 3.65. The van der Waals surface area contributed by atoms with Gasteiger partial charge in [-0.05, 0) is 55.7 Å². The van der Waals surface area contributed by atoms with E-state index in [9.17, 15) is 0 Å². The summed E-state index contributed by atoms with van der Waals surface area (Å²) in [5.41, 5.74) is 12.2. The molecule has 0 atom stereocenters. The number of anilines is 3. The van der Waals surface area contributed by atoms with E-state index < -0.39 is 0 Å². The van der Waals surface area contributed by atoms with Crippen molar-refractivity contribution < 1.29 is 4.74 Å². The molecule has 0 aliphatic carbocycles. The van der Waals surface area contributed by atoms with Crippen LogP contribution in [0.1, 0.15) is 16.7 Å². The van der Waals surface area contributed by atoms with Crippen LogP contribution in [-0.4, -0.2) is 7.11 Å². The first kappa shape index (κ1) is 13.3. The zero-order valence-corrected chi connectivity index (χ0v) is 11.9. The lowest BCUT2D eigenvalue weighted by Gasteiger charge is -2.17. The highest BCUT2D eigenvalue weighted by molar-refractivity contribution is 5.77. The van der Waals surface area contributed by atoms with E-state index in [1.54, 1.807) is 7.11 Å². The van der Waals surface area contributed by atoms with Gasteiger partial charge in [-0.2, -0.15) is 0 Å². The van der Waals surface area contributed by atoms with E-state index in [4.69, 9.17) is 10.5 Å². The summed E-state index contributed by atoms with van der Waals surface area (Å²) in [6.07, 6.45) is 0. The highest BCUT2D eigenvalue weighted by Gasteiger charge is 2.09. The Morgan fingerprint density at radius 3 is 2.37 bits per heavy atom. The van der Waals surface area contributed by atoms with Crippen molar-refractivity contribution in [1.82, 2.24) is 0 Å². The van der Waals surface area contributed by atoms with Gasteiger partial charge in [-0.25, -0.2) is 0 Å². The number of methoxy groups -OCH3 is 1. The monoisotopic (exact) mass is 256 g/mol. The van der Waals surface area contributed by atoms with Crippen LogP contribution in [-0.2, 0) is 0 Å². The second kappa shape index (κ2) is 5.22. The highest BCUT2D eigenvalue weighted by atomic mass is 16.5. The summed E-state index contributed by atoms with van der Waals surface area (Å²) in [7, 11) is 1.69. The number of nitrogens with one attached hydrogen (secondary N) is 1. The number of hydrogen-bond acceptors (Lipinski definition) is 3. The van der Waals surface area contributed by atoms with Gasteiger partial charge in [-0.3, -0.25) is 0 Å². The SMILES string of the molecule is COc1ccc(Nc2c(C)cccc2N)c(C)c1C. The molecule has 0 unspecified atom stereocenters. The quantitative estimate of drug-likeness (QED) is 0.817. The third-order valence-corrected chi connectivity index (χ3v) is 3.52. The topological polar surface area (TPSA) is 47.3 Å². The third-order valence-electron chi connectivity index (χ3n) is 3.52. The number of para-hydroxylation sites is 1. The van der Waals surface area contributed by atoms with Gasteiger partial charge in [0, 0.05) is 5.69 Å². The number of aryl methyl sites for hydroxylation is 1. The summed E-state index contributed by atoms with van der Waals surface area (Å²) in [6.45, 7) is 6.18. The average molecular weight is 256 g/mol. The molecule has 0 radical (unpaired) electrons. The molecule has 0 heterocycles. The first-order valence-electron chi connectivity index (χ1n) is 6.31. The van der Waals surface area contributed by atoms with Crippen LogP contribution in [0.15, 0.2) is 30.3 Å². The zero-order valence-electron chi connectivity index (χ0n) is 11.9. The summed E-state index contributed by atoms with van der Waals surface area (Å²) in [6, 6.07) is 9.90. The van der Waals surface area contributed by atoms with Crippen molar-refractivity contribution in [3.05, 3.63) is 47.0 Å². The smallest absolute Gasteiger partial charge is 0.122 e. The molecule has 0 aliphatic heterocycles. The van der Waals surface area contributed by atoms with Crippen molar-refractivity contribution in [2.45, 2.75) is 20.8 Å². The van der Waals surface area contributed by atoms with Crippen molar-refractivity contribution >= 4 is 17.1 Å². The summed E-state index contributed by atoms with van der Waals surface area (Å²) in [4.78, 5) is 0. The molecule has 2 rings (SSSR count). The molecule has 0 bridgehead atoms. The Morgan fingerprint density at radius 2 is 1.74 bits per heavy atom. The van der Waals surface area contributed by atoms with Crippen molar-refractivity contribution in [3.63, 3.8) is 0 Å². The fourth-order valence-electron chi connectivity index (χ4n) is 2.15. The van der Waals surface area contributed by atoms with Gasteiger partial charge in [0.1, 0.15) is 5.75 Å². The van der Waals surface area contributed by atoms with Crippen molar-refractivity contribution in [1.29, 1.82) is 0 Å². The van der Waals surface area contributed by atoms with Gasteiger partial charge in [-0.1, -0.05) is 12.1 Å². The van der Waals surface area contributed by atoms with E-state index in [1.165, 1.54) is 5.56 Å². The second-order valence-electron chi connectivity index (χ2n) is 4.73. The fourth-order valence-corrected chi connectivity index (χ4v) is 2.15. The first-order valence-corrected chi connectivity index (χ1v) is 6.31. The van der Waals surface area contributed by atoms with E-state index in [1.807, 2.05) is 37.3 Å². The minimum Gasteiger partial charge on any atom is -0.496 e. The van der Waals surface area contributed by atoms with Gasteiger partial charge in [0.25, 0.3) is 0 Å². The van der Waals surface area contributed by atoms with Gasteiger partial charge in [0.15, 0.2) is 0 Å². The predicted molar refractivity (Wildman–Crippen MR) is 81.3 cm³/mol. The number of rotatable bonds is 3. The minimum atomic E-state index is 0.757. The maximum Gasteiger partial charge on any atom is 0.122 e. The summed E-state index contributed by atoms with van der Waals surface area (Å²) in [5.74, 6) is 0.904. The van der Waals surface area contributed by atoms with E-state index in [0.29, 0.717) is 0 Å². The van der Waals surface area contributed by atoms with Crippen molar-refractivity contribution in [2.24, 2.45) is 0 Å². The van der Waals surface area contributed by atoms with Crippen LogP contribution in [0.4, 0.5) is 17.1 Å². The number of ether oxygens (including phenoxy) is 1. The van der Waals surface area contributed by atoms with Gasteiger partial charge in [0.2, 0.25) is 0 Å². The Morgan fingerprint density at radius 1 is 1.00 bits per heavy atom. The molecule has 3 N–H and O–H groups in total. The molecule has 2 aromatic carbocycles. The van der Waals surface area contributed by atoms with Crippen molar-refractivity contribution in [3.8, 4) is 5.75 Å². The number of nitrogens with two attached hydrogens (primary N) is 1. The standard InChI is InChI=1S/C16H20N2O/c1-10-6-5-7-13(17)16(10)18-14-8-9-15(19-4)12(3)11(14)2/h5-9,18H,17H2,1-4H3. The number of hydrogen-bond donors (Lipinski definition) is 2. The molecule has 0 amide bonds. The van der Waals surface area contributed by atoms with Crippen LogP contribution in [0.2, 0.25) is 0 Å². The highest BCUT2D eigenvalue weighted by Crippen LogP contribution is 2.32. The van der Waals surface area contributed by atoms with Crippen LogP contribution in [0, 0.1) is 20.8 Å². The van der Waals surface area contributed by atoms with Crippen LogP contribution in [0.25, 0.3) is 0 Å². The van der Waals surface area contributed by atoms with Gasteiger partial charge < -0.3 is 15.8 Å². The van der Waals surface area contributed by atoms with E-state index in [2.05, 4.69) is 19.2 Å². The lowest BCUT2D eigenvalue weighted by Crippen LogP contribution is -2.01. The predicted octanol–water partition coefficient (Wildman–Crippen LogP) is 3.95. The molecular weight excluding hydrogens is 236 g/mol. The van der Waals surface area contributed by atoms with Crippen LogP contribution in [0.3, 0.4) is 0 Å². The van der Waals surface area contributed by atoms with E-state index >= 15 is 0 Å². The van der Waals surface area contributed by atoms with Gasteiger partial charge in [-0.15, -0.1) is 0 Å². The first-order chi connectivity index (χ1) is 9.04. The normalized spacial score (nSPS) is 10.3. The van der Waals surface area contributed by atoms with Crippen LogP contribution in [0.5, 0.6) is 5.75 Å². The molecule has 0 aliphatic rings. The molecule has 0 saturated heterocycles. The molecule has 0 aromatic heterocycles. The summed E-state index contributed by atoms with van der Waals surface area (Å²) >= 11 is 0. The zero-order chi connectivity index (χ0) is 14.0. The Bertz CT molecular complexity index is 586. The van der Waals surface area contributed by atoms with Gasteiger partial charge in [0.05, 0.1) is 18.5 Å². The molecule has 0 spiro atoms. The summed E-state index contributed by atoms with van der Waals surface area (Å²) < 4.78 is 5.33. The molecule has 0 fully saturated rings. The molecule has 0 saturated carbocycles. The molecular formula is C16H20N2O. The second-order valence-corrected chi connectivity index (χ2v) is 4.73. The molecule has 100 valence electrons. The maximum atomic E-state index is 6.03. The maximum absolute atomic E-state index is 6.03. The van der Waals surface area contributed by atoms with Crippen LogP contribution >= 0.6 is 0 Å². The Hall–Kier alpha value is -2.16. The Balaban J connectivity index is 2.42. The minimum absolute atomic E-state index is 0.757. The Labute approximate surface area is 114 Å². The molecule has 2 aromatic rings. The molecule has 3 heteroatoms. The van der Waals surface area contributed by atoms with Crippen LogP contribution < -0.4 is 15.8 Å². The van der Waals surface area contributed by atoms with E-state index in [-0.39, 0.29) is 0 Å². The number of nitrogen functional groups attached to an aromatic ring is 1. The largest absolute Gasteiger partial charge is 0.496 e. The van der Waals surface area contributed by atoms with Crippen molar-refractivity contribution in [2.75, 3.05) is 18.2 Å².